The van der Waals surface area contributed by atoms with E-state index in [2.05, 4.69) is 11.1 Å². The van der Waals surface area contributed by atoms with Gasteiger partial charge in [0.1, 0.15) is 0 Å². The van der Waals surface area contributed by atoms with Crippen molar-refractivity contribution < 1.29 is 14.7 Å². The van der Waals surface area contributed by atoms with E-state index in [-0.39, 0.29) is 17.6 Å². The van der Waals surface area contributed by atoms with Gasteiger partial charge < -0.3 is 10.1 Å². The average Bonchev–Trinajstić information content (AvgIpc) is 2.84. The fourth-order valence-electron chi connectivity index (χ4n) is 2.37. The summed E-state index contributed by atoms with van der Waals surface area (Å²) in [5.41, 5.74) is 1.21. The minimum absolute atomic E-state index is 0.156. The van der Waals surface area contributed by atoms with Crippen LogP contribution in [0.25, 0.3) is 0 Å². The maximum Gasteiger partial charge on any atom is 0.309 e. The molecule has 1 aromatic rings. The second kappa shape index (κ2) is 5.41. The number of aromatic nitrogens is 1. The molecule has 21 heavy (non-hydrogen) atoms. The molecule has 5 heteroatoms. The van der Waals surface area contributed by atoms with Crippen molar-refractivity contribution in [2.24, 2.45) is 5.41 Å². The van der Waals surface area contributed by atoms with Gasteiger partial charge in [-0.05, 0) is 17.9 Å². The number of carbonyl (C=O) groups excluding carboxylic acids is 1. The zero-order valence-corrected chi connectivity index (χ0v) is 11.9. The number of allylic oxidation sites excluding steroid dienone is 4. The molecular formula is C16H16N2O3. The Hall–Kier alpha value is -2.61. The van der Waals surface area contributed by atoms with E-state index in [1.54, 1.807) is 18.2 Å². The number of hydrogen-bond acceptors (Lipinski definition) is 3. The highest BCUT2D eigenvalue weighted by atomic mass is 16.4. The van der Waals surface area contributed by atoms with Gasteiger partial charge in [0.25, 0.3) is 0 Å². The van der Waals surface area contributed by atoms with Crippen molar-refractivity contribution in [3.63, 3.8) is 0 Å². The number of nitrogens with one attached hydrogen (secondary N) is 1. The van der Waals surface area contributed by atoms with Crippen LogP contribution in [-0.4, -0.2) is 21.8 Å². The lowest BCUT2D eigenvalue weighted by Gasteiger charge is -2.24. The molecule has 0 bridgehead atoms. The summed E-state index contributed by atoms with van der Waals surface area (Å²) in [6.45, 7) is 3.99. The summed E-state index contributed by atoms with van der Waals surface area (Å²) in [6, 6.07) is 3.61. The first-order valence-corrected chi connectivity index (χ1v) is 6.60. The molecule has 0 aromatic carbocycles. The van der Waals surface area contributed by atoms with Crippen LogP contribution in [0, 0.1) is 16.7 Å². The fourth-order valence-corrected chi connectivity index (χ4v) is 2.37. The number of nitriles is 1. The summed E-state index contributed by atoms with van der Waals surface area (Å²) in [5.74, 6) is -1.32. The van der Waals surface area contributed by atoms with Crippen LogP contribution in [0.3, 0.4) is 0 Å². The number of carbonyl (C=O) groups is 2. The van der Waals surface area contributed by atoms with Crippen LogP contribution in [0.4, 0.5) is 0 Å². The standard InChI is InChI=1S/C16H16N2O3/c1-16(2)5-3-11(10(8-16)9-17)15(21)12-4-6-18-13(12)7-14(19)20/h3-4,6,8,18H,5,7H2,1-2H3,(H,19,20). The number of aliphatic carboxylic acids is 1. The van der Waals surface area contributed by atoms with Crippen molar-refractivity contribution in [2.75, 3.05) is 0 Å². The SMILES string of the molecule is CC1(C)C=C(C#N)C(C(=O)c2cc[nH]c2CC(=O)O)=CC1. The summed E-state index contributed by atoms with van der Waals surface area (Å²) in [4.78, 5) is 26.2. The van der Waals surface area contributed by atoms with Crippen LogP contribution in [0.2, 0.25) is 0 Å². The zero-order valence-electron chi connectivity index (χ0n) is 11.9. The van der Waals surface area contributed by atoms with E-state index in [0.717, 1.165) is 0 Å². The van der Waals surface area contributed by atoms with Gasteiger partial charge in [-0.2, -0.15) is 5.26 Å². The lowest BCUT2D eigenvalue weighted by Crippen LogP contribution is -2.17. The van der Waals surface area contributed by atoms with Crippen LogP contribution >= 0.6 is 0 Å². The van der Waals surface area contributed by atoms with Crippen molar-refractivity contribution in [2.45, 2.75) is 26.7 Å². The fraction of sp³-hybridized carbons (Fsp3) is 0.312. The van der Waals surface area contributed by atoms with Crippen LogP contribution in [0.5, 0.6) is 0 Å². The van der Waals surface area contributed by atoms with E-state index in [1.165, 1.54) is 6.20 Å². The monoisotopic (exact) mass is 284 g/mol. The molecule has 0 saturated carbocycles. The van der Waals surface area contributed by atoms with Gasteiger partial charge in [-0.25, -0.2) is 0 Å². The maximum atomic E-state index is 12.6. The summed E-state index contributed by atoms with van der Waals surface area (Å²) in [6.07, 6.45) is 5.51. The number of aromatic amines is 1. The van der Waals surface area contributed by atoms with Gasteiger partial charge in [0.05, 0.1) is 18.1 Å². The topological polar surface area (TPSA) is 94.0 Å². The Kier molecular flexibility index (Phi) is 3.81. The van der Waals surface area contributed by atoms with E-state index in [4.69, 9.17) is 5.11 Å². The Morgan fingerprint density at radius 2 is 2.19 bits per heavy atom. The summed E-state index contributed by atoms with van der Waals surface area (Å²) in [5, 5.41) is 18.1. The lowest BCUT2D eigenvalue weighted by atomic mass is 9.79. The van der Waals surface area contributed by atoms with Gasteiger partial charge in [0.15, 0.2) is 5.78 Å². The van der Waals surface area contributed by atoms with Gasteiger partial charge >= 0.3 is 5.97 Å². The first-order valence-electron chi connectivity index (χ1n) is 6.60. The van der Waals surface area contributed by atoms with Crippen molar-refractivity contribution in [1.29, 1.82) is 5.26 Å². The molecule has 0 aliphatic heterocycles. The average molecular weight is 284 g/mol. The first-order chi connectivity index (χ1) is 9.84. The number of hydrogen-bond donors (Lipinski definition) is 2. The van der Waals surface area contributed by atoms with E-state index in [1.807, 2.05) is 13.8 Å². The number of carboxylic acid groups (broad SMARTS) is 1. The number of H-pyrrole nitrogens is 1. The molecule has 2 N–H and O–H groups in total. The minimum atomic E-state index is -1.01. The Balaban J connectivity index is 2.36. The molecule has 2 rings (SSSR count). The van der Waals surface area contributed by atoms with Gasteiger partial charge in [0.2, 0.25) is 0 Å². The third-order valence-corrected chi connectivity index (χ3v) is 3.43. The molecule has 0 spiro atoms. The third kappa shape index (κ3) is 3.11. The Labute approximate surface area is 122 Å². The second-order valence-electron chi connectivity index (χ2n) is 5.75. The number of Topliss-reactive ketones (excluding diaryl/α,β-unsaturated/α-hetero) is 1. The van der Waals surface area contributed by atoms with Crippen molar-refractivity contribution >= 4 is 11.8 Å². The molecule has 0 unspecified atom stereocenters. The van der Waals surface area contributed by atoms with Crippen molar-refractivity contribution in [3.8, 4) is 6.07 Å². The molecule has 0 amide bonds. The zero-order chi connectivity index (χ0) is 15.6. The van der Waals surface area contributed by atoms with Gasteiger partial charge in [0, 0.05) is 23.0 Å². The van der Waals surface area contributed by atoms with Crippen molar-refractivity contribution in [3.05, 3.63) is 46.8 Å². The molecule has 1 aliphatic rings. The molecule has 1 aliphatic carbocycles. The van der Waals surface area contributed by atoms with Crippen LogP contribution in [-0.2, 0) is 11.2 Å². The molecule has 0 radical (unpaired) electrons. The van der Waals surface area contributed by atoms with Crippen LogP contribution < -0.4 is 0 Å². The van der Waals surface area contributed by atoms with Gasteiger partial charge in [-0.15, -0.1) is 0 Å². The van der Waals surface area contributed by atoms with Gasteiger partial charge in [-0.3, -0.25) is 9.59 Å². The van der Waals surface area contributed by atoms with Crippen LogP contribution in [0.15, 0.2) is 35.6 Å². The largest absolute Gasteiger partial charge is 0.481 e. The Bertz CT molecular complexity index is 699. The highest BCUT2D eigenvalue weighted by Gasteiger charge is 2.27. The van der Waals surface area contributed by atoms with E-state index in [0.29, 0.717) is 28.8 Å². The summed E-state index contributed by atoms with van der Waals surface area (Å²) < 4.78 is 0. The predicted molar refractivity (Wildman–Crippen MR) is 76.6 cm³/mol. The number of nitrogens with zero attached hydrogens (tertiary/aromatic N) is 1. The molecule has 108 valence electrons. The minimum Gasteiger partial charge on any atom is -0.481 e. The highest BCUT2D eigenvalue weighted by molar-refractivity contribution is 6.13. The number of ketones is 1. The summed E-state index contributed by atoms with van der Waals surface area (Å²) in [7, 11) is 0. The predicted octanol–water partition coefficient (Wildman–Crippen LogP) is 2.63. The van der Waals surface area contributed by atoms with Crippen molar-refractivity contribution in [1.82, 2.24) is 4.98 Å². The Morgan fingerprint density at radius 3 is 2.81 bits per heavy atom. The number of rotatable bonds is 4. The van der Waals surface area contributed by atoms with E-state index < -0.39 is 5.97 Å². The highest BCUT2D eigenvalue weighted by Crippen LogP contribution is 2.33. The molecular weight excluding hydrogens is 268 g/mol. The molecule has 5 nitrogen and oxygen atoms in total. The molecule has 0 atom stereocenters. The van der Waals surface area contributed by atoms with Gasteiger partial charge in [-0.1, -0.05) is 26.0 Å². The molecule has 1 heterocycles. The van der Waals surface area contributed by atoms with E-state index >= 15 is 0 Å². The first kappa shape index (κ1) is 14.8. The Morgan fingerprint density at radius 1 is 1.48 bits per heavy atom. The van der Waals surface area contributed by atoms with Crippen LogP contribution in [0.1, 0.15) is 36.3 Å². The maximum absolute atomic E-state index is 12.6. The molecule has 1 aromatic heterocycles. The third-order valence-electron chi connectivity index (χ3n) is 3.43. The second-order valence-corrected chi connectivity index (χ2v) is 5.75. The van der Waals surface area contributed by atoms with E-state index in [9.17, 15) is 14.9 Å². The smallest absolute Gasteiger partial charge is 0.309 e. The number of carboxylic acids is 1. The normalized spacial score (nSPS) is 16.6. The molecule has 0 fully saturated rings. The molecule has 0 saturated heterocycles. The summed E-state index contributed by atoms with van der Waals surface area (Å²) >= 11 is 0. The lowest BCUT2D eigenvalue weighted by molar-refractivity contribution is -0.136. The quantitative estimate of drug-likeness (QED) is 0.831.